The number of aliphatic hydroxyl groups is 1. The van der Waals surface area contributed by atoms with Gasteiger partial charge >= 0.3 is 0 Å². The van der Waals surface area contributed by atoms with Crippen LogP contribution in [0.15, 0.2) is 18.3 Å². The van der Waals surface area contributed by atoms with Gasteiger partial charge in [-0.15, -0.1) is 0 Å². The number of benzene rings is 1. The van der Waals surface area contributed by atoms with E-state index in [0.29, 0.717) is 5.02 Å². The Morgan fingerprint density at radius 2 is 2.12 bits per heavy atom. The third-order valence-corrected chi connectivity index (χ3v) is 4.54. The van der Waals surface area contributed by atoms with E-state index in [0.717, 1.165) is 40.8 Å². The molecule has 17 heavy (non-hydrogen) atoms. The third-order valence-electron chi connectivity index (χ3n) is 3.33. The summed E-state index contributed by atoms with van der Waals surface area (Å²) in [4.78, 5) is 0. The molecule has 0 radical (unpaired) electrons. The van der Waals surface area contributed by atoms with Crippen molar-refractivity contribution in [3.05, 3.63) is 28.9 Å². The number of H-pyrrole nitrogens is 1. The summed E-state index contributed by atoms with van der Waals surface area (Å²) in [5.74, 6) is 1.97. The fourth-order valence-electron chi connectivity index (χ4n) is 2.37. The van der Waals surface area contributed by atoms with E-state index in [9.17, 15) is 5.11 Å². The number of aromatic nitrogens is 2. The number of hydrogen-bond donors (Lipinski definition) is 2. The summed E-state index contributed by atoms with van der Waals surface area (Å²) in [5, 5.41) is 19.4. The third kappa shape index (κ3) is 1.94. The van der Waals surface area contributed by atoms with Gasteiger partial charge in [-0.25, -0.2) is 0 Å². The largest absolute Gasteiger partial charge is 0.385 e. The van der Waals surface area contributed by atoms with E-state index in [1.54, 1.807) is 6.20 Å². The van der Waals surface area contributed by atoms with E-state index in [-0.39, 0.29) is 0 Å². The molecule has 2 heterocycles. The maximum absolute atomic E-state index is 10.8. The van der Waals surface area contributed by atoms with Gasteiger partial charge in [0.05, 0.1) is 17.3 Å². The van der Waals surface area contributed by atoms with Crippen LogP contribution in [0.4, 0.5) is 0 Å². The Morgan fingerprint density at radius 1 is 1.35 bits per heavy atom. The van der Waals surface area contributed by atoms with Crippen LogP contribution in [0.1, 0.15) is 18.4 Å². The molecule has 1 aliphatic heterocycles. The molecule has 0 spiro atoms. The number of thioether (sulfide) groups is 1. The first-order valence-corrected chi connectivity index (χ1v) is 7.15. The molecular formula is C12H13ClN2OS. The Balaban J connectivity index is 2.18. The van der Waals surface area contributed by atoms with E-state index in [1.807, 2.05) is 23.9 Å². The smallest absolute Gasteiger partial charge is 0.0933 e. The highest BCUT2D eigenvalue weighted by Gasteiger charge is 2.33. The van der Waals surface area contributed by atoms with Gasteiger partial charge in [0.25, 0.3) is 0 Å². The van der Waals surface area contributed by atoms with Gasteiger partial charge in [0, 0.05) is 16.0 Å². The van der Waals surface area contributed by atoms with Gasteiger partial charge in [-0.1, -0.05) is 11.6 Å². The van der Waals surface area contributed by atoms with Crippen LogP contribution >= 0.6 is 23.4 Å². The molecule has 0 amide bonds. The Bertz CT molecular complexity index is 548. The predicted molar refractivity (Wildman–Crippen MR) is 71.6 cm³/mol. The van der Waals surface area contributed by atoms with Crippen molar-refractivity contribution in [3.8, 4) is 0 Å². The van der Waals surface area contributed by atoms with E-state index in [4.69, 9.17) is 11.6 Å². The highest BCUT2D eigenvalue weighted by Crippen LogP contribution is 2.39. The van der Waals surface area contributed by atoms with Crippen molar-refractivity contribution in [1.82, 2.24) is 10.2 Å². The summed E-state index contributed by atoms with van der Waals surface area (Å²) in [7, 11) is 0. The second-order valence-corrected chi connectivity index (χ2v) is 6.09. The fourth-order valence-corrected chi connectivity index (χ4v) is 3.76. The minimum Gasteiger partial charge on any atom is -0.385 e. The van der Waals surface area contributed by atoms with Crippen LogP contribution in [0.3, 0.4) is 0 Å². The van der Waals surface area contributed by atoms with Crippen LogP contribution in [0.2, 0.25) is 5.02 Å². The first-order chi connectivity index (χ1) is 8.19. The number of hydrogen-bond acceptors (Lipinski definition) is 3. The molecule has 0 unspecified atom stereocenters. The highest BCUT2D eigenvalue weighted by molar-refractivity contribution is 7.99. The minimum atomic E-state index is -0.763. The SMILES string of the molecule is OC1(c2cc(Cl)cc3cn[nH]c23)CCSCC1. The molecule has 90 valence electrons. The van der Waals surface area contributed by atoms with Gasteiger partial charge in [-0.3, -0.25) is 5.10 Å². The van der Waals surface area contributed by atoms with Crippen LogP contribution in [0.25, 0.3) is 10.9 Å². The lowest BCUT2D eigenvalue weighted by Crippen LogP contribution is -2.30. The van der Waals surface area contributed by atoms with E-state index in [1.165, 1.54) is 0 Å². The number of fused-ring (bicyclic) bond motifs is 1. The van der Waals surface area contributed by atoms with Crippen LogP contribution in [0.5, 0.6) is 0 Å². The molecule has 1 fully saturated rings. The Labute approximate surface area is 109 Å². The Morgan fingerprint density at radius 3 is 2.88 bits per heavy atom. The fraction of sp³-hybridized carbons (Fsp3) is 0.417. The van der Waals surface area contributed by atoms with Crippen LogP contribution in [0, 0.1) is 0 Å². The predicted octanol–water partition coefficient (Wildman–Crippen LogP) is 2.93. The van der Waals surface area contributed by atoms with Crippen molar-refractivity contribution in [3.63, 3.8) is 0 Å². The lowest BCUT2D eigenvalue weighted by Gasteiger charge is -2.32. The number of rotatable bonds is 1. The van der Waals surface area contributed by atoms with Crippen molar-refractivity contribution >= 4 is 34.3 Å². The molecular weight excluding hydrogens is 256 g/mol. The summed E-state index contributed by atoms with van der Waals surface area (Å²) in [6.45, 7) is 0. The van der Waals surface area contributed by atoms with Crippen LogP contribution < -0.4 is 0 Å². The summed E-state index contributed by atoms with van der Waals surface area (Å²) in [6.07, 6.45) is 3.28. The Hall–Kier alpha value is -0.710. The maximum Gasteiger partial charge on any atom is 0.0933 e. The van der Waals surface area contributed by atoms with Crippen LogP contribution in [-0.2, 0) is 5.60 Å². The number of nitrogens with one attached hydrogen (secondary N) is 1. The van der Waals surface area contributed by atoms with Crippen molar-refractivity contribution in [2.45, 2.75) is 18.4 Å². The first-order valence-electron chi connectivity index (χ1n) is 5.62. The van der Waals surface area contributed by atoms with Crippen molar-refractivity contribution < 1.29 is 5.11 Å². The zero-order valence-corrected chi connectivity index (χ0v) is 10.8. The number of halogens is 1. The molecule has 0 bridgehead atoms. The molecule has 3 nitrogen and oxygen atoms in total. The zero-order valence-electron chi connectivity index (χ0n) is 9.24. The summed E-state index contributed by atoms with van der Waals surface area (Å²) >= 11 is 7.99. The van der Waals surface area contributed by atoms with Gasteiger partial charge in [-0.2, -0.15) is 16.9 Å². The molecule has 0 atom stereocenters. The molecule has 5 heteroatoms. The quantitative estimate of drug-likeness (QED) is 0.836. The minimum absolute atomic E-state index is 0.653. The average molecular weight is 269 g/mol. The zero-order chi connectivity index (χ0) is 11.9. The molecule has 2 N–H and O–H groups in total. The monoisotopic (exact) mass is 268 g/mol. The standard InChI is InChI=1S/C12H13ClN2OS/c13-9-5-8-7-14-15-11(8)10(6-9)12(16)1-3-17-4-2-12/h5-7,16H,1-4H2,(H,14,15). The van der Waals surface area contributed by atoms with Crippen molar-refractivity contribution in [2.75, 3.05) is 11.5 Å². The average Bonchev–Trinajstić information content (AvgIpc) is 2.76. The lowest BCUT2D eigenvalue weighted by molar-refractivity contribution is 0.0294. The van der Waals surface area contributed by atoms with Gasteiger partial charge < -0.3 is 5.11 Å². The molecule has 2 aromatic rings. The summed E-state index contributed by atoms with van der Waals surface area (Å²) in [6, 6.07) is 3.73. The lowest BCUT2D eigenvalue weighted by atomic mass is 9.87. The van der Waals surface area contributed by atoms with E-state index < -0.39 is 5.60 Å². The van der Waals surface area contributed by atoms with E-state index in [2.05, 4.69) is 10.2 Å². The van der Waals surface area contributed by atoms with Crippen LogP contribution in [-0.4, -0.2) is 26.8 Å². The molecule has 1 saturated heterocycles. The maximum atomic E-state index is 10.8. The molecule has 3 rings (SSSR count). The van der Waals surface area contributed by atoms with Gasteiger partial charge in [0.15, 0.2) is 0 Å². The number of nitrogens with zero attached hydrogens (tertiary/aromatic N) is 1. The second-order valence-electron chi connectivity index (χ2n) is 4.43. The molecule has 0 aliphatic carbocycles. The van der Waals surface area contributed by atoms with Gasteiger partial charge in [-0.05, 0) is 36.5 Å². The second kappa shape index (κ2) is 4.19. The topological polar surface area (TPSA) is 48.9 Å². The molecule has 1 aromatic heterocycles. The highest BCUT2D eigenvalue weighted by atomic mass is 35.5. The van der Waals surface area contributed by atoms with Gasteiger partial charge in [0.2, 0.25) is 0 Å². The van der Waals surface area contributed by atoms with Crippen molar-refractivity contribution in [1.29, 1.82) is 0 Å². The summed E-state index contributed by atoms with van der Waals surface area (Å²) < 4.78 is 0. The Kier molecular flexibility index (Phi) is 2.81. The molecule has 1 aromatic carbocycles. The summed E-state index contributed by atoms with van der Waals surface area (Å²) in [5.41, 5.74) is 1.03. The first kappa shape index (κ1) is 11.4. The normalized spacial score (nSPS) is 19.6. The van der Waals surface area contributed by atoms with Crippen molar-refractivity contribution in [2.24, 2.45) is 0 Å². The number of aromatic amines is 1. The molecule has 1 aliphatic rings. The van der Waals surface area contributed by atoms with Gasteiger partial charge in [0.1, 0.15) is 0 Å². The van der Waals surface area contributed by atoms with E-state index >= 15 is 0 Å². The molecule has 0 saturated carbocycles.